The van der Waals surface area contributed by atoms with Crippen molar-refractivity contribution >= 4 is 11.8 Å². The van der Waals surface area contributed by atoms with Gasteiger partial charge in [0.25, 0.3) is 0 Å². The Morgan fingerprint density at radius 3 is 2.41 bits per heavy atom. The van der Waals surface area contributed by atoms with Crippen LogP contribution in [0, 0.1) is 6.92 Å². The molecule has 0 radical (unpaired) electrons. The largest absolute Gasteiger partial charge is 0.497 e. The molecule has 0 heterocycles. The molecule has 1 atom stereocenters. The van der Waals surface area contributed by atoms with Gasteiger partial charge in [0.1, 0.15) is 11.8 Å². The van der Waals surface area contributed by atoms with Crippen LogP contribution in [0.5, 0.6) is 5.75 Å². The van der Waals surface area contributed by atoms with Gasteiger partial charge in [-0.15, -0.1) is 0 Å². The van der Waals surface area contributed by atoms with Crippen LogP contribution in [-0.4, -0.2) is 36.4 Å². The Balaban J connectivity index is 2.20. The van der Waals surface area contributed by atoms with E-state index in [1.165, 1.54) is 5.56 Å². The number of benzene rings is 2. The first-order valence-corrected chi connectivity index (χ1v) is 10.2. The molecule has 0 fully saturated rings. The Morgan fingerprint density at radius 2 is 1.79 bits per heavy atom. The van der Waals surface area contributed by atoms with Crippen molar-refractivity contribution in [3.63, 3.8) is 0 Å². The van der Waals surface area contributed by atoms with Crippen LogP contribution >= 0.6 is 0 Å². The molecule has 0 bridgehead atoms. The van der Waals surface area contributed by atoms with E-state index in [0.29, 0.717) is 32.4 Å². The molecule has 0 aliphatic heterocycles. The van der Waals surface area contributed by atoms with Crippen LogP contribution in [0.2, 0.25) is 0 Å². The van der Waals surface area contributed by atoms with E-state index in [0.717, 1.165) is 16.9 Å². The number of ether oxygens (including phenoxy) is 1. The summed E-state index contributed by atoms with van der Waals surface area (Å²) < 4.78 is 5.30. The molecule has 156 valence electrons. The van der Waals surface area contributed by atoms with Crippen LogP contribution < -0.4 is 10.1 Å². The highest BCUT2D eigenvalue weighted by Crippen LogP contribution is 2.18. The Morgan fingerprint density at radius 1 is 1.07 bits per heavy atom. The van der Waals surface area contributed by atoms with Gasteiger partial charge in [-0.25, -0.2) is 0 Å². The molecule has 1 N–H and O–H groups in total. The lowest BCUT2D eigenvalue weighted by Crippen LogP contribution is -2.49. The Kier molecular flexibility index (Phi) is 8.71. The molecule has 2 rings (SSSR count). The number of nitrogens with zero attached hydrogens (tertiary/aromatic N) is 1. The van der Waals surface area contributed by atoms with Crippen molar-refractivity contribution in [2.75, 3.05) is 13.7 Å². The van der Waals surface area contributed by atoms with Crippen LogP contribution in [0.4, 0.5) is 0 Å². The second kappa shape index (κ2) is 11.2. The maximum absolute atomic E-state index is 13.2. The third-order valence-electron chi connectivity index (χ3n) is 4.97. The Hall–Kier alpha value is -2.82. The number of amides is 2. The molecule has 5 heteroatoms. The smallest absolute Gasteiger partial charge is 0.242 e. The van der Waals surface area contributed by atoms with E-state index in [2.05, 4.69) is 29.6 Å². The second-order valence-corrected chi connectivity index (χ2v) is 7.18. The van der Waals surface area contributed by atoms with E-state index in [4.69, 9.17) is 4.74 Å². The summed E-state index contributed by atoms with van der Waals surface area (Å²) in [4.78, 5) is 27.5. The molecule has 29 heavy (non-hydrogen) atoms. The number of methoxy groups -OCH3 is 1. The van der Waals surface area contributed by atoms with Gasteiger partial charge in [-0.05, 0) is 49.9 Å². The van der Waals surface area contributed by atoms with Crippen molar-refractivity contribution in [2.24, 2.45) is 0 Å². The van der Waals surface area contributed by atoms with Crippen molar-refractivity contribution in [1.29, 1.82) is 0 Å². The van der Waals surface area contributed by atoms with Crippen molar-refractivity contribution in [3.05, 3.63) is 65.2 Å². The number of aryl methyl sites for hydroxylation is 2. The first-order chi connectivity index (χ1) is 14.0. The highest BCUT2D eigenvalue weighted by molar-refractivity contribution is 5.87. The molecular weight excluding hydrogens is 364 g/mol. The quantitative estimate of drug-likeness (QED) is 0.663. The molecule has 0 spiro atoms. The standard InChI is InChI=1S/C24H32N2O3/c1-5-22(24(28)25-6-2)26(17-20-8-7-9-21(16-20)29-4)23(27)15-14-19-12-10-18(3)11-13-19/h7-13,16,22H,5-6,14-15,17H2,1-4H3,(H,25,28). The monoisotopic (exact) mass is 396 g/mol. The van der Waals surface area contributed by atoms with Gasteiger partial charge >= 0.3 is 0 Å². The van der Waals surface area contributed by atoms with Gasteiger partial charge in [0.15, 0.2) is 0 Å². The molecule has 2 aromatic carbocycles. The summed E-state index contributed by atoms with van der Waals surface area (Å²) in [5.74, 6) is 0.605. The van der Waals surface area contributed by atoms with Gasteiger partial charge in [0, 0.05) is 19.5 Å². The predicted octanol–water partition coefficient (Wildman–Crippen LogP) is 3.88. The van der Waals surface area contributed by atoms with Crippen LogP contribution in [0.3, 0.4) is 0 Å². The van der Waals surface area contributed by atoms with Crippen molar-refractivity contribution in [2.45, 2.75) is 52.6 Å². The van der Waals surface area contributed by atoms with E-state index < -0.39 is 6.04 Å². The van der Waals surface area contributed by atoms with E-state index in [9.17, 15) is 9.59 Å². The highest BCUT2D eigenvalue weighted by Gasteiger charge is 2.28. The second-order valence-electron chi connectivity index (χ2n) is 7.18. The van der Waals surface area contributed by atoms with E-state index >= 15 is 0 Å². The summed E-state index contributed by atoms with van der Waals surface area (Å²) in [6, 6.07) is 15.3. The first kappa shape index (κ1) is 22.5. The van der Waals surface area contributed by atoms with Gasteiger partial charge in [0.05, 0.1) is 7.11 Å². The van der Waals surface area contributed by atoms with Crippen LogP contribution in [0.15, 0.2) is 48.5 Å². The average Bonchev–Trinajstić information content (AvgIpc) is 2.73. The third-order valence-corrected chi connectivity index (χ3v) is 4.97. The van der Waals surface area contributed by atoms with Crippen molar-refractivity contribution in [1.82, 2.24) is 10.2 Å². The molecular formula is C24H32N2O3. The van der Waals surface area contributed by atoms with Crippen LogP contribution in [0.25, 0.3) is 0 Å². The normalized spacial score (nSPS) is 11.6. The first-order valence-electron chi connectivity index (χ1n) is 10.2. The van der Waals surface area contributed by atoms with Gasteiger partial charge in [0.2, 0.25) is 11.8 Å². The zero-order chi connectivity index (χ0) is 21.2. The average molecular weight is 397 g/mol. The van der Waals surface area contributed by atoms with E-state index in [1.54, 1.807) is 12.0 Å². The molecule has 0 aliphatic rings. The number of rotatable bonds is 10. The van der Waals surface area contributed by atoms with Crippen LogP contribution in [-0.2, 0) is 22.6 Å². The van der Waals surface area contributed by atoms with Gasteiger partial charge in [-0.1, -0.05) is 48.9 Å². The Bertz CT molecular complexity index is 802. The maximum Gasteiger partial charge on any atom is 0.242 e. The minimum Gasteiger partial charge on any atom is -0.497 e. The number of carbonyl (C=O) groups excluding carboxylic acids is 2. The fraction of sp³-hybridized carbons (Fsp3) is 0.417. The topological polar surface area (TPSA) is 58.6 Å². The van der Waals surface area contributed by atoms with Crippen molar-refractivity contribution in [3.8, 4) is 5.75 Å². The van der Waals surface area contributed by atoms with Gasteiger partial charge in [-0.2, -0.15) is 0 Å². The number of hydrogen-bond acceptors (Lipinski definition) is 3. The minimum absolute atomic E-state index is 0.0218. The number of nitrogens with one attached hydrogen (secondary N) is 1. The Labute approximate surface area is 174 Å². The molecule has 5 nitrogen and oxygen atoms in total. The lowest BCUT2D eigenvalue weighted by atomic mass is 10.0. The summed E-state index contributed by atoms with van der Waals surface area (Å²) >= 11 is 0. The number of hydrogen-bond donors (Lipinski definition) is 1. The number of likely N-dealkylation sites (N-methyl/N-ethyl adjacent to an activating group) is 1. The highest BCUT2D eigenvalue weighted by atomic mass is 16.5. The lowest BCUT2D eigenvalue weighted by Gasteiger charge is -2.30. The molecule has 1 unspecified atom stereocenters. The summed E-state index contributed by atoms with van der Waals surface area (Å²) in [7, 11) is 1.62. The molecule has 0 aliphatic carbocycles. The molecule has 2 aromatic rings. The maximum atomic E-state index is 13.2. The number of carbonyl (C=O) groups is 2. The lowest BCUT2D eigenvalue weighted by molar-refractivity contribution is -0.141. The van der Waals surface area contributed by atoms with Crippen LogP contribution in [0.1, 0.15) is 43.4 Å². The van der Waals surface area contributed by atoms with E-state index in [-0.39, 0.29) is 11.8 Å². The fourth-order valence-corrected chi connectivity index (χ4v) is 3.33. The SMILES string of the molecule is CCNC(=O)C(CC)N(Cc1cccc(OC)c1)C(=O)CCc1ccc(C)cc1. The van der Waals surface area contributed by atoms with Crippen molar-refractivity contribution < 1.29 is 14.3 Å². The summed E-state index contributed by atoms with van der Waals surface area (Å²) in [5, 5.41) is 2.86. The third kappa shape index (κ3) is 6.63. The summed E-state index contributed by atoms with van der Waals surface area (Å²) in [6.45, 7) is 6.78. The predicted molar refractivity (Wildman–Crippen MR) is 116 cm³/mol. The molecule has 0 saturated heterocycles. The van der Waals surface area contributed by atoms with Gasteiger partial charge in [-0.3, -0.25) is 9.59 Å². The van der Waals surface area contributed by atoms with Gasteiger partial charge < -0.3 is 15.0 Å². The zero-order valence-electron chi connectivity index (χ0n) is 17.9. The zero-order valence-corrected chi connectivity index (χ0v) is 17.9. The summed E-state index contributed by atoms with van der Waals surface area (Å²) in [6.07, 6.45) is 1.58. The summed E-state index contributed by atoms with van der Waals surface area (Å²) in [5.41, 5.74) is 3.26. The fourth-order valence-electron chi connectivity index (χ4n) is 3.33. The minimum atomic E-state index is -0.494. The molecule has 0 saturated carbocycles. The van der Waals surface area contributed by atoms with E-state index in [1.807, 2.05) is 45.0 Å². The molecule has 2 amide bonds. The molecule has 0 aromatic heterocycles.